The van der Waals surface area contributed by atoms with Crippen LogP contribution in [0.25, 0.3) is 0 Å². The summed E-state index contributed by atoms with van der Waals surface area (Å²) in [4.78, 5) is 9.40. The molecule has 2 aliphatic rings. The Labute approximate surface area is 158 Å². The lowest BCUT2D eigenvalue weighted by molar-refractivity contribution is -0.0127. The first-order valence-electron chi connectivity index (χ1n) is 9.54. The summed E-state index contributed by atoms with van der Waals surface area (Å²) in [6.07, 6.45) is 1.97. The maximum Gasteiger partial charge on any atom is 0.252 e. The maximum absolute atomic E-state index is 13.9. The summed E-state index contributed by atoms with van der Waals surface area (Å²) in [6, 6.07) is 0.414. The molecule has 0 bridgehead atoms. The lowest BCUT2D eigenvalue weighted by atomic mass is 9.91. The maximum atomic E-state index is 13.9. The van der Waals surface area contributed by atoms with E-state index >= 15 is 0 Å². The van der Waals surface area contributed by atoms with Crippen molar-refractivity contribution < 1.29 is 8.78 Å². The number of fused-ring (bicyclic) bond motifs is 1. The molecular formula is C18H29F2N5S. The molecule has 146 valence electrons. The Hall–Kier alpha value is -0.990. The predicted octanol–water partition coefficient (Wildman–Crippen LogP) is 3.13. The van der Waals surface area contributed by atoms with Crippen LogP contribution < -0.4 is 15.4 Å². The second kappa shape index (κ2) is 8.80. The summed E-state index contributed by atoms with van der Waals surface area (Å²) in [5, 5.41) is 6.65. The molecule has 26 heavy (non-hydrogen) atoms. The number of rotatable bonds is 7. The second-order valence-corrected chi connectivity index (χ2v) is 8.39. The number of piperidine rings is 1. The molecule has 3 rings (SSSR count). The largest absolute Gasteiger partial charge is 0.369 e. The third kappa shape index (κ3) is 5.27. The number of alkyl halides is 2. The van der Waals surface area contributed by atoms with Crippen molar-refractivity contribution >= 4 is 17.8 Å². The summed E-state index contributed by atoms with van der Waals surface area (Å²) in [5.41, 5.74) is 1.43. The van der Waals surface area contributed by atoms with Gasteiger partial charge in [0.05, 0.1) is 0 Å². The van der Waals surface area contributed by atoms with Gasteiger partial charge in [0.15, 0.2) is 0 Å². The fraction of sp³-hybridized carbons (Fsp3) is 0.778. The molecule has 1 aromatic heterocycles. The number of aromatic nitrogens is 2. The molecule has 1 aromatic rings. The van der Waals surface area contributed by atoms with Gasteiger partial charge in [-0.1, -0.05) is 11.9 Å². The van der Waals surface area contributed by atoms with E-state index in [2.05, 4.69) is 29.2 Å². The van der Waals surface area contributed by atoms with Gasteiger partial charge in [-0.25, -0.2) is 18.7 Å². The molecule has 1 fully saturated rings. The van der Waals surface area contributed by atoms with Gasteiger partial charge < -0.3 is 10.6 Å². The number of hydrogen-bond donors (Lipinski definition) is 3. The van der Waals surface area contributed by atoms with Crippen LogP contribution in [0.2, 0.25) is 0 Å². The molecule has 0 spiro atoms. The second-order valence-electron chi connectivity index (χ2n) is 7.46. The van der Waals surface area contributed by atoms with Crippen LogP contribution in [0, 0.1) is 0 Å². The van der Waals surface area contributed by atoms with E-state index in [1.54, 1.807) is 11.9 Å². The summed E-state index contributed by atoms with van der Waals surface area (Å²) in [7, 11) is 0. The first kappa shape index (κ1) is 19.8. The van der Waals surface area contributed by atoms with Crippen molar-refractivity contribution in [2.24, 2.45) is 0 Å². The number of nitrogens with zero attached hydrogens (tertiary/aromatic N) is 2. The van der Waals surface area contributed by atoms with Crippen LogP contribution in [-0.4, -0.2) is 47.3 Å². The molecule has 8 heteroatoms. The zero-order valence-electron chi connectivity index (χ0n) is 15.6. The van der Waals surface area contributed by atoms with Gasteiger partial charge >= 0.3 is 0 Å². The molecule has 1 saturated heterocycles. The van der Waals surface area contributed by atoms with Gasteiger partial charge in [0.1, 0.15) is 11.6 Å². The van der Waals surface area contributed by atoms with Gasteiger partial charge in [-0.3, -0.25) is 4.72 Å². The van der Waals surface area contributed by atoms with Gasteiger partial charge in [0, 0.05) is 48.4 Å². The molecule has 0 saturated carbocycles. The average molecular weight is 386 g/mol. The van der Waals surface area contributed by atoms with E-state index in [9.17, 15) is 8.78 Å². The molecule has 1 aliphatic heterocycles. The van der Waals surface area contributed by atoms with Crippen LogP contribution in [0.15, 0.2) is 0 Å². The summed E-state index contributed by atoms with van der Waals surface area (Å²) < 4.78 is 31.2. The molecule has 2 heterocycles. The van der Waals surface area contributed by atoms with E-state index in [-0.39, 0.29) is 12.8 Å². The Kier molecular flexibility index (Phi) is 6.69. The van der Waals surface area contributed by atoms with Gasteiger partial charge in [-0.15, -0.1) is 0 Å². The zero-order valence-corrected chi connectivity index (χ0v) is 16.4. The van der Waals surface area contributed by atoms with Crippen LogP contribution in [0.3, 0.4) is 0 Å². The Morgan fingerprint density at radius 3 is 2.77 bits per heavy atom. The Morgan fingerprint density at radius 1 is 1.27 bits per heavy atom. The molecule has 3 N–H and O–H groups in total. The van der Waals surface area contributed by atoms with Gasteiger partial charge in [0.25, 0.3) is 5.92 Å². The number of hydrogen-bond acceptors (Lipinski definition) is 6. The molecule has 1 aliphatic carbocycles. The van der Waals surface area contributed by atoms with Gasteiger partial charge in [0.2, 0.25) is 0 Å². The minimum Gasteiger partial charge on any atom is -0.369 e. The van der Waals surface area contributed by atoms with E-state index in [0.717, 1.165) is 43.2 Å². The van der Waals surface area contributed by atoms with Crippen LogP contribution in [0.5, 0.6) is 0 Å². The summed E-state index contributed by atoms with van der Waals surface area (Å²) >= 11 is 1.64. The van der Waals surface area contributed by atoms with Crippen molar-refractivity contribution in [3.05, 3.63) is 17.1 Å². The summed E-state index contributed by atoms with van der Waals surface area (Å²) in [5.74, 6) is -0.0481. The van der Waals surface area contributed by atoms with Crippen LogP contribution in [-0.2, 0) is 12.8 Å². The number of nitrogens with one attached hydrogen (secondary N) is 3. The van der Waals surface area contributed by atoms with Crippen LogP contribution in [0.1, 0.15) is 56.1 Å². The van der Waals surface area contributed by atoms with Crippen molar-refractivity contribution in [3.8, 4) is 0 Å². The summed E-state index contributed by atoms with van der Waals surface area (Å²) in [6.45, 7) is 6.79. The first-order valence-corrected chi connectivity index (χ1v) is 10.5. The normalized spacial score (nSPS) is 20.2. The number of aryl methyl sites for hydroxylation is 1. The Bertz CT molecular complexity index is 605. The highest BCUT2D eigenvalue weighted by Gasteiger charge is 2.37. The lowest BCUT2D eigenvalue weighted by Crippen LogP contribution is -2.31. The standard InChI is InChI=1S/C18H29F2N5S/c1-12(2)25-26-10-9-22-17-14-11-18(19,20)6-3-15(14)23-16(24-17)13-4-7-21-8-5-13/h12-13,21,25H,3-11H2,1-2H3,(H,22,23,24). The molecule has 0 radical (unpaired) electrons. The van der Waals surface area contributed by atoms with Gasteiger partial charge in [-0.2, -0.15) is 0 Å². The monoisotopic (exact) mass is 385 g/mol. The van der Waals surface area contributed by atoms with Crippen molar-refractivity contribution in [2.45, 2.75) is 63.8 Å². The third-order valence-electron chi connectivity index (χ3n) is 4.79. The zero-order chi connectivity index (χ0) is 18.6. The molecule has 0 atom stereocenters. The molecule has 0 unspecified atom stereocenters. The fourth-order valence-electron chi connectivity index (χ4n) is 3.45. The van der Waals surface area contributed by atoms with Crippen LogP contribution >= 0.6 is 11.9 Å². The molecular weight excluding hydrogens is 356 g/mol. The fourth-order valence-corrected chi connectivity index (χ4v) is 4.10. The van der Waals surface area contributed by atoms with Crippen LogP contribution in [0.4, 0.5) is 14.6 Å². The van der Waals surface area contributed by atoms with E-state index in [0.29, 0.717) is 36.3 Å². The highest BCUT2D eigenvalue weighted by atomic mass is 32.2. The SMILES string of the molecule is CC(C)NSCCNc1nc(C2CCNCC2)nc2c1CC(F)(F)CC2. The third-order valence-corrected chi connectivity index (χ3v) is 5.84. The first-order chi connectivity index (χ1) is 12.4. The van der Waals surface area contributed by atoms with Crippen molar-refractivity contribution in [1.82, 2.24) is 20.0 Å². The van der Waals surface area contributed by atoms with E-state index in [1.807, 2.05) is 0 Å². The van der Waals surface area contributed by atoms with E-state index in [4.69, 9.17) is 9.97 Å². The van der Waals surface area contributed by atoms with Crippen molar-refractivity contribution in [3.63, 3.8) is 0 Å². The number of anilines is 1. The van der Waals surface area contributed by atoms with Crippen molar-refractivity contribution in [1.29, 1.82) is 0 Å². The van der Waals surface area contributed by atoms with Crippen molar-refractivity contribution in [2.75, 3.05) is 30.7 Å². The Balaban J connectivity index is 1.75. The number of halogens is 2. The average Bonchev–Trinajstić information content (AvgIpc) is 2.61. The minimum atomic E-state index is -2.66. The topological polar surface area (TPSA) is 61.9 Å². The predicted molar refractivity (Wildman–Crippen MR) is 103 cm³/mol. The molecule has 0 aromatic carbocycles. The van der Waals surface area contributed by atoms with E-state index in [1.165, 1.54) is 0 Å². The smallest absolute Gasteiger partial charge is 0.252 e. The highest BCUT2D eigenvalue weighted by Crippen LogP contribution is 2.36. The van der Waals surface area contributed by atoms with Gasteiger partial charge in [-0.05, 0) is 46.2 Å². The minimum absolute atomic E-state index is 0.115. The van der Waals surface area contributed by atoms with E-state index < -0.39 is 5.92 Å². The lowest BCUT2D eigenvalue weighted by Gasteiger charge is -2.28. The Morgan fingerprint density at radius 2 is 2.04 bits per heavy atom. The highest BCUT2D eigenvalue weighted by molar-refractivity contribution is 7.97. The molecule has 0 amide bonds. The quantitative estimate of drug-likeness (QED) is 0.495. The molecule has 5 nitrogen and oxygen atoms in total.